The van der Waals surface area contributed by atoms with Gasteiger partial charge in [-0.05, 0) is 24.6 Å². The van der Waals surface area contributed by atoms with Crippen LogP contribution in [0.3, 0.4) is 0 Å². The van der Waals surface area contributed by atoms with Crippen molar-refractivity contribution in [3.05, 3.63) is 48.0 Å². The zero-order chi connectivity index (χ0) is 26.6. The van der Waals surface area contributed by atoms with Crippen molar-refractivity contribution in [3.63, 3.8) is 0 Å². The predicted octanol–water partition coefficient (Wildman–Crippen LogP) is 3.17. The van der Waals surface area contributed by atoms with Crippen molar-refractivity contribution in [2.75, 3.05) is 58.4 Å². The lowest BCUT2D eigenvalue weighted by Gasteiger charge is -2.26. The lowest BCUT2D eigenvalue weighted by Crippen LogP contribution is -2.39. The lowest BCUT2D eigenvalue weighted by atomic mass is 10.2. The van der Waals surface area contributed by atoms with E-state index in [2.05, 4.69) is 10.2 Å². The normalized spacial score (nSPS) is 14.2. The van der Waals surface area contributed by atoms with E-state index in [4.69, 9.17) is 24.2 Å². The maximum Gasteiger partial charge on any atom is 0.339 e. The zero-order valence-corrected chi connectivity index (χ0v) is 21.9. The SMILES string of the molecule is CCCOc1ccn2c(C(C)=O)nc(-c3nc4ccc(C(=O)OC)cn4c3NCCN3CCOCC3)c2c1. The molecule has 0 atom stereocenters. The molecular weight excluding hydrogens is 488 g/mol. The highest BCUT2D eigenvalue weighted by molar-refractivity contribution is 5.96. The van der Waals surface area contributed by atoms with Crippen molar-refractivity contribution >= 4 is 28.7 Å². The smallest absolute Gasteiger partial charge is 0.339 e. The number of ketones is 1. The van der Waals surface area contributed by atoms with Gasteiger partial charge in [0, 0.05) is 51.6 Å². The molecule has 0 aliphatic carbocycles. The number of nitrogens with zero attached hydrogens (tertiary/aromatic N) is 5. The van der Waals surface area contributed by atoms with E-state index in [-0.39, 0.29) is 5.78 Å². The molecule has 0 aromatic carbocycles. The number of Topliss-reactive ketones (excluding diaryl/α,β-unsaturated/α-hetero) is 1. The predicted molar refractivity (Wildman–Crippen MR) is 142 cm³/mol. The Labute approximate surface area is 220 Å². The van der Waals surface area contributed by atoms with Crippen molar-refractivity contribution in [3.8, 4) is 17.1 Å². The second-order valence-electron chi connectivity index (χ2n) is 9.13. The Hall–Kier alpha value is -3.96. The van der Waals surface area contributed by atoms with E-state index in [1.807, 2.05) is 23.5 Å². The number of aromatic nitrogens is 4. The summed E-state index contributed by atoms with van der Waals surface area (Å²) in [5.41, 5.74) is 2.86. The van der Waals surface area contributed by atoms with Gasteiger partial charge in [-0.15, -0.1) is 0 Å². The Balaban J connectivity index is 1.62. The Kier molecular flexibility index (Phi) is 7.57. The number of carbonyl (C=O) groups is 2. The second-order valence-corrected chi connectivity index (χ2v) is 9.13. The molecule has 4 aromatic heterocycles. The number of anilines is 1. The third kappa shape index (κ3) is 5.07. The number of morpholine rings is 1. The van der Waals surface area contributed by atoms with Crippen molar-refractivity contribution < 1.29 is 23.8 Å². The Morgan fingerprint density at radius 1 is 1.11 bits per heavy atom. The van der Waals surface area contributed by atoms with Crippen LogP contribution in [0.5, 0.6) is 5.75 Å². The minimum atomic E-state index is -0.439. The Morgan fingerprint density at radius 2 is 1.92 bits per heavy atom. The number of hydrogen-bond acceptors (Lipinski definition) is 9. The third-order valence-corrected chi connectivity index (χ3v) is 6.49. The minimum Gasteiger partial charge on any atom is -0.493 e. The molecule has 1 aliphatic heterocycles. The summed E-state index contributed by atoms with van der Waals surface area (Å²) in [4.78, 5) is 36.7. The molecule has 1 fully saturated rings. The summed E-state index contributed by atoms with van der Waals surface area (Å²) >= 11 is 0. The maximum absolute atomic E-state index is 12.5. The maximum atomic E-state index is 12.5. The number of nitrogens with one attached hydrogen (secondary N) is 1. The highest BCUT2D eigenvalue weighted by Crippen LogP contribution is 2.33. The van der Waals surface area contributed by atoms with Crippen LogP contribution in [0, 0.1) is 0 Å². The first-order valence-corrected chi connectivity index (χ1v) is 12.8. The minimum absolute atomic E-state index is 0.160. The van der Waals surface area contributed by atoms with Crippen molar-refractivity contribution in [2.45, 2.75) is 20.3 Å². The van der Waals surface area contributed by atoms with Gasteiger partial charge < -0.3 is 19.5 Å². The molecule has 1 N–H and O–H groups in total. The molecule has 0 radical (unpaired) electrons. The number of rotatable bonds is 10. The lowest BCUT2D eigenvalue weighted by molar-refractivity contribution is 0.0398. The van der Waals surface area contributed by atoms with Crippen LogP contribution in [0.25, 0.3) is 22.6 Å². The quantitative estimate of drug-likeness (QED) is 0.249. The van der Waals surface area contributed by atoms with Crippen LogP contribution in [0.15, 0.2) is 36.7 Å². The monoisotopic (exact) mass is 520 g/mol. The average molecular weight is 521 g/mol. The van der Waals surface area contributed by atoms with Crippen LogP contribution < -0.4 is 10.1 Å². The summed E-state index contributed by atoms with van der Waals surface area (Å²) in [6.45, 7) is 8.77. The number of ether oxygens (including phenoxy) is 3. The van der Waals surface area contributed by atoms with Gasteiger partial charge in [0.1, 0.15) is 28.6 Å². The summed E-state index contributed by atoms with van der Waals surface area (Å²) < 4.78 is 19.8. The summed E-state index contributed by atoms with van der Waals surface area (Å²) in [5, 5.41) is 3.52. The molecule has 38 heavy (non-hydrogen) atoms. The fraction of sp³-hybridized carbons (Fsp3) is 0.407. The van der Waals surface area contributed by atoms with Crippen LogP contribution in [-0.2, 0) is 9.47 Å². The van der Waals surface area contributed by atoms with Gasteiger partial charge in [-0.2, -0.15) is 0 Å². The number of esters is 1. The van der Waals surface area contributed by atoms with Gasteiger partial charge in [0.05, 0.1) is 38.0 Å². The van der Waals surface area contributed by atoms with E-state index in [0.717, 1.165) is 39.3 Å². The summed E-state index contributed by atoms with van der Waals surface area (Å²) in [7, 11) is 1.35. The van der Waals surface area contributed by atoms with Crippen molar-refractivity contribution in [2.24, 2.45) is 0 Å². The van der Waals surface area contributed by atoms with Gasteiger partial charge in [-0.1, -0.05) is 6.92 Å². The number of hydrogen-bond donors (Lipinski definition) is 1. The van der Waals surface area contributed by atoms with E-state index in [1.165, 1.54) is 14.0 Å². The first-order chi connectivity index (χ1) is 18.5. The van der Waals surface area contributed by atoms with Gasteiger partial charge in [0.15, 0.2) is 11.6 Å². The molecular formula is C27H32N6O5. The topological polar surface area (TPSA) is 112 Å². The molecule has 5 heterocycles. The first kappa shape index (κ1) is 25.7. The van der Waals surface area contributed by atoms with Crippen LogP contribution in [0.2, 0.25) is 0 Å². The molecule has 5 rings (SSSR count). The third-order valence-electron chi connectivity index (χ3n) is 6.49. The Bertz CT molecular complexity index is 1470. The molecule has 1 saturated heterocycles. The van der Waals surface area contributed by atoms with Gasteiger partial charge >= 0.3 is 5.97 Å². The van der Waals surface area contributed by atoms with Gasteiger partial charge in [0.2, 0.25) is 0 Å². The molecule has 1 aliphatic rings. The van der Waals surface area contributed by atoms with E-state index < -0.39 is 5.97 Å². The molecule has 0 spiro atoms. The highest BCUT2D eigenvalue weighted by Gasteiger charge is 2.24. The fourth-order valence-corrected chi connectivity index (χ4v) is 4.57. The summed E-state index contributed by atoms with van der Waals surface area (Å²) in [6, 6.07) is 7.15. The van der Waals surface area contributed by atoms with E-state index in [0.29, 0.717) is 58.7 Å². The van der Waals surface area contributed by atoms with Gasteiger partial charge in [-0.25, -0.2) is 14.8 Å². The number of methoxy groups -OCH3 is 1. The molecule has 4 aromatic rings. The largest absolute Gasteiger partial charge is 0.493 e. The fourth-order valence-electron chi connectivity index (χ4n) is 4.57. The van der Waals surface area contributed by atoms with E-state index in [9.17, 15) is 9.59 Å². The molecule has 11 nitrogen and oxygen atoms in total. The highest BCUT2D eigenvalue weighted by atomic mass is 16.5. The van der Waals surface area contributed by atoms with Crippen LogP contribution in [-0.4, -0.2) is 88.5 Å². The van der Waals surface area contributed by atoms with Crippen LogP contribution in [0.4, 0.5) is 5.82 Å². The van der Waals surface area contributed by atoms with Crippen molar-refractivity contribution in [1.29, 1.82) is 0 Å². The first-order valence-electron chi connectivity index (χ1n) is 12.8. The number of imidazole rings is 2. The molecule has 0 unspecified atom stereocenters. The van der Waals surface area contributed by atoms with E-state index in [1.54, 1.807) is 28.9 Å². The van der Waals surface area contributed by atoms with Gasteiger partial charge in [-0.3, -0.25) is 18.5 Å². The second kappa shape index (κ2) is 11.2. The average Bonchev–Trinajstić information content (AvgIpc) is 3.49. The molecule has 200 valence electrons. The number of fused-ring (bicyclic) bond motifs is 2. The molecule has 11 heteroatoms. The summed E-state index contributed by atoms with van der Waals surface area (Å²) in [6.07, 6.45) is 4.38. The Morgan fingerprint density at radius 3 is 2.66 bits per heavy atom. The number of pyridine rings is 2. The van der Waals surface area contributed by atoms with Crippen molar-refractivity contribution in [1.82, 2.24) is 23.7 Å². The molecule has 0 saturated carbocycles. The van der Waals surface area contributed by atoms with E-state index >= 15 is 0 Å². The standard InChI is InChI=1S/C27H32N6O5/c1-4-13-38-20-7-9-32-21(16-20)23(30-25(32)18(2)34)24-26(28-8-10-31-11-14-37-15-12-31)33-17-19(27(35)36-3)5-6-22(33)29-24/h5-7,9,16-17,28H,4,8,10-15H2,1-3H3. The number of carbonyl (C=O) groups excluding carboxylic acids is 2. The molecule has 0 amide bonds. The van der Waals surface area contributed by atoms with Gasteiger partial charge in [0.25, 0.3) is 0 Å². The summed E-state index contributed by atoms with van der Waals surface area (Å²) in [5.74, 6) is 1.07. The van der Waals surface area contributed by atoms with Crippen LogP contribution in [0.1, 0.15) is 41.2 Å². The molecule has 0 bridgehead atoms. The zero-order valence-electron chi connectivity index (χ0n) is 21.9. The van der Waals surface area contributed by atoms with Crippen LogP contribution >= 0.6 is 0 Å².